The maximum absolute atomic E-state index is 11.9. The fourth-order valence-corrected chi connectivity index (χ4v) is 2.14. The van der Waals surface area contributed by atoms with Gasteiger partial charge in [0.25, 0.3) is 0 Å². The average Bonchev–Trinajstić information content (AvgIpc) is 2.48. The third kappa shape index (κ3) is 2.53. The summed E-state index contributed by atoms with van der Waals surface area (Å²) in [5.41, 5.74) is 5.42. The third-order valence-corrected chi connectivity index (χ3v) is 2.98. The molecule has 1 fully saturated rings. The minimum atomic E-state index is -0.172. The number of ketones is 1. The van der Waals surface area contributed by atoms with Crippen molar-refractivity contribution in [1.82, 2.24) is 0 Å². The quantitative estimate of drug-likeness (QED) is 0.711. The molecule has 0 aromatic rings. The van der Waals surface area contributed by atoms with Gasteiger partial charge in [0.1, 0.15) is 5.78 Å². The lowest BCUT2D eigenvalue weighted by atomic mass is 9.82. The molecular formula is C11H21NO. The molecule has 0 heterocycles. The molecule has 1 saturated carbocycles. The number of hydrogen-bond acceptors (Lipinski definition) is 2. The zero-order valence-electron chi connectivity index (χ0n) is 8.97. The van der Waals surface area contributed by atoms with Crippen LogP contribution in [0.3, 0.4) is 0 Å². The predicted molar refractivity (Wildman–Crippen MR) is 54.3 cm³/mol. The molecule has 1 rings (SSSR count). The number of Topliss-reactive ketones (excluding diaryl/α,β-unsaturated/α-hetero) is 1. The van der Waals surface area contributed by atoms with Gasteiger partial charge in [0.15, 0.2) is 0 Å². The molecule has 0 spiro atoms. The number of hydrogen-bond donors (Lipinski definition) is 1. The minimum Gasteiger partial charge on any atom is -0.330 e. The van der Waals surface area contributed by atoms with Crippen molar-refractivity contribution >= 4 is 5.78 Å². The van der Waals surface area contributed by atoms with Gasteiger partial charge in [-0.3, -0.25) is 4.79 Å². The van der Waals surface area contributed by atoms with Gasteiger partial charge in [-0.05, 0) is 31.7 Å². The van der Waals surface area contributed by atoms with Crippen molar-refractivity contribution in [2.45, 2.75) is 40.0 Å². The lowest BCUT2D eigenvalue weighted by Crippen LogP contribution is -2.27. The summed E-state index contributed by atoms with van der Waals surface area (Å²) in [4.78, 5) is 11.9. The van der Waals surface area contributed by atoms with Gasteiger partial charge < -0.3 is 5.73 Å². The molecule has 0 unspecified atom stereocenters. The third-order valence-electron chi connectivity index (χ3n) is 2.98. The van der Waals surface area contributed by atoms with E-state index in [2.05, 4.69) is 0 Å². The zero-order chi connectivity index (χ0) is 10.1. The van der Waals surface area contributed by atoms with Crippen LogP contribution in [0.2, 0.25) is 0 Å². The summed E-state index contributed by atoms with van der Waals surface area (Å²) in [6, 6.07) is 0. The Morgan fingerprint density at radius 2 is 2.00 bits per heavy atom. The smallest absolute Gasteiger partial charge is 0.141 e. The molecule has 2 heteroatoms. The molecule has 2 nitrogen and oxygen atoms in total. The van der Waals surface area contributed by atoms with Gasteiger partial charge in [-0.15, -0.1) is 0 Å². The first-order chi connectivity index (χ1) is 5.95. The summed E-state index contributed by atoms with van der Waals surface area (Å²) < 4.78 is 0. The second-order valence-electron chi connectivity index (χ2n) is 5.23. The Labute approximate surface area is 80.9 Å². The van der Waals surface area contributed by atoms with Crippen LogP contribution in [0.5, 0.6) is 0 Å². The van der Waals surface area contributed by atoms with Crippen molar-refractivity contribution < 1.29 is 4.79 Å². The number of rotatable bonds is 2. The van der Waals surface area contributed by atoms with Crippen molar-refractivity contribution in [2.24, 2.45) is 23.0 Å². The first-order valence-electron chi connectivity index (χ1n) is 5.19. The standard InChI is InChI=1S/C11H21NO/c1-11(2,3)10(13)9-5-4-8(6-9)7-12/h8-9H,4-7,12H2,1-3H3/t8-,9-/m0/s1. The Morgan fingerprint density at radius 3 is 2.38 bits per heavy atom. The molecular weight excluding hydrogens is 162 g/mol. The summed E-state index contributed by atoms with van der Waals surface area (Å²) >= 11 is 0. The van der Waals surface area contributed by atoms with E-state index in [1.807, 2.05) is 20.8 Å². The Hall–Kier alpha value is -0.370. The molecule has 13 heavy (non-hydrogen) atoms. The molecule has 0 amide bonds. The Bertz CT molecular complexity index is 193. The van der Waals surface area contributed by atoms with E-state index in [0.717, 1.165) is 25.8 Å². The van der Waals surface area contributed by atoms with Gasteiger partial charge in [0.2, 0.25) is 0 Å². The van der Waals surface area contributed by atoms with Crippen LogP contribution in [0.1, 0.15) is 40.0 Å². The fraction of sp³-hybridized carbons (Fsp3) is 0.909. The van der Waals surface area contributed by atoms with Crippen molar-refractivity contribution in [3.05, 3.63) is 0 Å². The fourth-order valence-electron chi connectivity index (χ4n) is 2.14. The highest BCUT2D eigenvalue weighted by atomic mass is 16.1. The summed E-state index contributed by atoms with van der Waals surface area (Å²) in [6.45, 7) is 6.76. The molecule has 0 aliphatic heterocycles. The topological polar surface area (TPSA) is 43.1 Å². The van der Waals surface area contributed by atoms with Crippen LogP contribution in [0.4, 0.5) is 0 Å². The first kappa shape index (κ1) is 10.7. The van der Waals surface area contributed by atoms with E-state index in [0.29, 0.717) is 11.7 Å². The van der Waals surface area contributed by atoms with Gasteiger partial charge in [-0.1, -0.05) is 20.8 Å². The largest absolute Gasteiger partial charge is 0.330 e. The number of carbonyl (C=O) groups excluding carboxylic acids is 1. The van der Waals surface area contributed by atoms with Crippen LogP contribution in [0.25, 0.3) is 0 Å². The lowest BCUT2D eigenvalue weighted by Gasteiger charge is -2.21. The lowest BCUT2D eigenvalue weighted by molar-refractivity contribution is -0.130. The summed E-state index contributed by atoms with van der Waals surface area (Å²) in [5.74, 6) is 1.30. The van der Waals surface area contributed by atoms with Crippen molar-refractivity contribution in [1.29, 1.82) is 0 Å². The van der Waals surface area contributed by atoms with Crippen molar-refractivity contribution in [2.75, 3.05) is 6.54 Å². The second kappa shape index (κ2) is 3.79. The Kier molecular flexibility index (Phi) is 3.12. The molecule has 2 N–H and O–H groups in total. The van der Waals surface area contributed by atoms with Crippen LogP contribution >= 0.6 is 0 Å². The average molecular weight is 183 g/mol. The molecule has 0 bridgehead atoms. The van der Waals surface area contributed by atoms with Gasteiger partial charge in [-0.2, -0.15) is 0 Å². The maximum Gasteiger partial charge on any atom is 0.141 e. The molecule has 1 aliphatic rings. The summed E-state index contributed by atoms with van der Waals surface area (Å²) in [6.07, 6.45) is 3.22. The van der Waals surface area contributed by atoms with E-state index in [9.17, 15) is 4.79 Å². The number of nitrogens with two attached hydrogens (primary N) is 1. The van der Waals surface area contributed by atoms with E-state index in [-0.39, 0.29) is 11.3 Å². The highest BCUT2D eigenvalue weighted by molar-refractivity contribution is 5.86. The highest BCUT2D eigenvalue weighted by Gasteiger charge is 2.34. The van der Waals surface area contributed by atoms with E-state index in [4.69, 9.17) is 5.73 Å². The molecule has 0 saturated heterocycles. The molecule has 2 atom stereocenters. The van der Waals surface area contributed by atoms with Crippen LogP contribution in [-0.4, -0.2) is 12.3 Å². The van der Waals surface area contributed by atoms with Gasteiger partial charge in [0, 0.05) is 11.3 Å². The molecule has 76 valence electrons. The Balaban J connectivity index is 2.52. The van der Waals surface area contributed by atoms with Crippen LogP contribution in [0, 0.1) is 17.3 Å². The van der Waals surface area contributed by atoms with Gasteiger partial charge in [-0.25, -0.2) is 0 Å². The van der Waals surface area contributed by atoms with Gasteiger partial charge >= 0.3 is 0 Å². The second-order valence-corrected chi connectivity index (χ2v) is 5.23. The first-order valence-corrected chi connectivity index (χ1v) is 5.19. The highest BCUT2D eigenvalue weighted by Crippen LogP contribution is 2.35. The predicted octanol–water partition coefficient (Wildman–Crippen LogP) is 1.98. The van der Waals surface area contributed by atoms with Gasteiger partial charge in [0.05, 0.1) is 0 Å². The minimum absolute atomic E-state index is 0.172. The molecule has 0 aromatic heterocycles. The zero-order valence-corrected chi connectivity index (χ0v) is 8.97. The van der Waals surface area contributed by atoms with E-state index in [1.165, 1.54) is 0 Å². The summed E-state index contributed by atoms with van der Waals surface area (Å²) in [5, 5.41) is 0. The monoisotopic (exact) mass is 183 g/mol. The SMILES string of the molecule is CC(C)(C)C(=O)[C@H]1CC[C@H](CN)C1. The summed E-state index contributed by atoms with van der Waals surface area (Å²) in [7, 11) is 0. The normalized spacial score (nSPS) is 29.2. The van der Waals surface area contributed by atoms with E-state index < -0.39 is 0 Å². The molecule has 1 aliphatic carbocycles. The van der Waals surface area contributed by atoms with Crippen LogP contribution < -0.4 is 5.73 Å². The number of carbonyl (C=O) groups is 1. The van der Waals surface area contributed by atoms with Crippen LogP contribution in [-0.2, 0) is 4.79 Å². The Morgan fingerprint density at radius 1 is 1.38 bits per heavy atom. The van der Waals surface area contributed by atoms with Crippen molar-refractivity contribution in [3.8, 4) is 0 Å². The molecule has 0 aromatic carbocycles. The van der Waals surface area contributed by atoms with E-state index >= 15 is 0 Å². The van der Waals surface area contributed by atoms with Crippen molar-refractivity contribution in [3.63, 3.8) is 0 Å². The molecule has 0 radical (unpaired) electrons. The van der Waals surface area contributed by atoms with E-state index in [1.54, 1.807) is 0 Å². The van der Waals surface area contributed by atoms with Crippen LogP contribution in [0.15, 0.2) is 0 Å². The maximum atomic E-state index is 11.9.